The standard InChI is InChI=1S/C27H26N4O4S/c1-33-19-5-3-18(4-6-19)21-8-7-20-24(28)25(36-26(20)29-21)27(32)31-12-10-30(11-13-31)15-17-2-9-22-23(14-17)35-16-34-22/h2-9,14H,10-13,15-16,28H2,1H3. The van der Waals surface area contributed by atoms with E-state index in [1.165, 1.54) is 16.9 Å². The molecule has 36 heavy (non-hydrogen) atoms. The van der Waals surface area contributed by atoms with Crippen molar-refractivity contribution >= 4 is 33.1 Å². The predicted octanol–water partition coefficient (Wildman–Crippen LogP) is 4.24. The van der Waals surface area contributed by atoms with E-state index in [9.17, 15) is 4.79 Å². The summed E-state index contributed by atoms with van der Waals surface area (Å²) in [5.41, 5.74) is 9.92. The number of nitrogens with two attached hydrogens (primary N) is 1. The molecule has 2 N–H and O–H groups in total. The summed E-state index contributed by atoms with van der Waals surface area (Å²) in [7, 11) is 1.64. The molecule has 2 aromatic heterocycles. The van der Waals surface area contributed by atoms with E-state index in [-0.39, 0.29) is 12.7 Å². The fourth-order valence-corrected chi connectivity index (χ4v) is 5.69. The largest absolute Gasteiger partial charge is 0.497 e. The Morgan fingerprint density at radius 3 is 2.58 bits per heavy atom. The Labute approximate surface area is 212 Å². The highest BCUT2D eigenvalue weighted by Crippen LogP contribution is 2.36. The van der Waals surface area contributed by atoms with Crippen LogP contribution in [0.25, 0.3) is 21.5 Å². The van der Waals surface area contributed by atoms with Gasteiger partial charge < -0.3 is 24.8 Å². The van der Waals surface area contributed by atoms with Crippen molar-refractivity contribution in [1.29, 1.82) is 0 Å². The number of carbonyl (C=O) groups excluding carboxylic acids is 1. The Bertz CT molecular complexity index is 1430. The second-order valence-electron chi connectivity index (χ2n) is 8.88. The van der Waals surface area contributed by atoms with Crippen LogP contribution in [-0.4, -0.2) is 60.8 Å². The number of amides is 1. The zero-order valence-electron chi connectivity index (χ0n) is 19.9. The lowest BCUT2D eigenvalue weighted by molar-refractivity contribution is 0.0634. The van der Waals surface area contributed by atoms with Gasteiger partial charge in [0.2, 0.25) is 6.79 Å². The van der Waals surface area contributed by atoms with Crippen molar-refractivity contribution in [2.45, 2.75) is 6.54 Å². The van der Waals surface area contributed by atoms with E-state index in [0.29, 0.717) is 23.7 Å². The van der Waals surface area contributed by atoms with Crippen molar-refractivity contribution in [3.8, 4) is 28.5 Å². The van der Waals surface area contributed by atoms with Crippen molar-refractivity contribution in [2.24, 2.45) is 0 Å². The zero-order valence-corrected chi connectivity index (χ0v) is 20.7. The highest BCUT2D eigenvalue weighted by molar-refractivity contribution is 7.21. The molecular weight excluding hydrogens is 476 g/mol. The van der Waals surface area contributed by atoms with Gasteiger partial charge in [0.25, 0.3) is 5.91 Å². The minimum Gasteiger partial charge on any atom is -0.497 e. The maximum absolute atomic E-state index is 13.4. The lowest BCUT2D eigenvalue weighted by atomic mass is 10.1. The van der Waals surface area contributed by atoms with Gasteiger partial charge in [0.1, 0.15) is 15.5 Å². The average molecular weight is 503 g/mol. The minimum absolute atomic E-state index is 0.0239. The first-order valence-electron chi connectivity index (χ1n) is 11.8. The number of hydrogen-bond acceptors (Lipinski definition) is 8. The molecule has 2 aliphatic rings. The van der Waals surface area contributed by atoms with Gasteiger partial charge in [-0.25, -0.2) is 4.98 Å². The van der Waals surface area contributed by atoms with E-state index in [1.54, 1.807) is 7.11 Å². The van der Waals surface area contributed by atoms with Crippen LogP contribution >= 0.6 is 11.3 Å². The molecule has 2 aliphatic heterocycles. The smallest absolute Gasteiger partial charge is 0.266 e. The number of nitrogen functional groups attached to an aromatic ring is 1. The Morgan fingerprint density at radius 2 is 1.81 bits per heavy atom. The van der Waals surface area contributed by atoms with Gasteiger partial charge in [0, 0.05) is 43.7 Å². The number of benzene rings is 2. The third-order valence-electron chi connectivity index (χ3n) is 6.68. The number of thiophene rings is 1. The number of aromatic nitrogens is 1. The van der Waals surface area contributed by atoms with Crippen LogP contribution in [0.5, 0.6) is 17.2 Å². The van der Waals surface area contributed by atoms with Gasteiger partial charge >= 0.3 is 0 Å². The van der Waals surface area contributed by atoms with E-state index < -0.39 is 0 Å². The second-order valence-corrected chi connectivity index (χ2v) is 9.88. The van der Waals surface area contributed by atoms with Gasteiger partial charge in [0.05, 0.1) is 18.5 Å². The predicted molar refractivity (Wildman–Crippen MR) is 140 cm³/mol. The number of hydrogen-bond donors (Lipinski definition) is 1. The van der Waals surface area contributed by atoms with Crippen molar-refractivity contribution in [2.75, 3.05) is 45.8 Å². The van der Waals surface area contributed by atoms with E-state index in [1.807, 2.05) is 53.4 Å². The van der Waals surface area contributed by atoms with Crippen molar-refractivity contribution in [1.82, 2.24) is 14.8 Å². The summed E-state index contributed by atoms with van der Waals surface area (Å²) in [6.07, 6.45) is 0. The molecule has 4 heterocycles. The van der Waals surface area contributed by atoms with Crippen LogP contribution in [0.2, 0.25) is 0 Å². The maximum Gasteiger partial charge on any atom is 0.266 e. The van der Waals surface area contributed by atoms with Crippen LogP contribution < -0.4 is 19.9 Å². The van der Waals surface area contributed by atoms with E-state index in [0.717, 1.165) is 58.4 Å². The molecule has 0 spiro atoms. The van der Waals surface area contributed by atoms with Gasteiger partial charge in [-0.2, -0.15) is 0 Å². The number of nitrogens with zero attached hydrogens (tertiary/aromatic N) is 3. The lowest BCUT2D eigenvalue weighted by Gasteiger charge is -2.34. The highest BCUT2D eigenvalue weighted by Gasteiger charge is 2.26. The van der Waals surface area contributed by atoms with Gasteiger partial charge in [-0.3, -0.25) is 9.69 Å². The number of ether oxygens (including phenoxy) is 3. The van der Waals surface area contributed by atoms with Gasteiger partial charge in [-0.05, 0) is 54.1 Å². The molecule has 8 nitrogen and oxygen atoms in total. The molecule has 0 unspecified atom stereocenters. The lowest BCUT2D eigenvalue weighted by Crippen LogP contribution is -2.48. The molecule has 0 radical (unpaired) electrons. The van der Waals surface area contributed by atoms with E-state index in [2.05, 4.69) is 11.0 Å². The molecule has 6 rings (SSSR count). The highest BCUT2D eigenvalue weighted by atomic mass is 32.1. The monoisotopic (exact) mass is 502 g/mol. The summed E-state index contributed by atoms with van der Waals surface area (Å²) in [6.45, 7) is 3.99. The Balaban J connectivity index is 1.14. The van der Waals surface area contributed by atoms with E-state index in [4.69, 9.17) is 24.9 Å². The topological polar surface area (TPSA) is 90.2 Å². The van der Waals surface area contributed by atoms with Crippen LogP contribution in [0.4, 0.5) is 5.69 Å². The van der Waals surface area contributed by atoms with Crippen molar-refractivity contribution in [3.05, 3.63) is 65.0 Å². The maximum atomic E-state index is 13.4. The van der Waals surface area contributed by atoms with Crippen LogP contribution in [0.3, 0.4) is 0 Å². The molecular formula is C27H26N4O4S. The first-order valence-corrected chi connectivity index (χ1v) is 12.6. The summed E-state index contributed by atoms with van der Waals surface area (Å²) >= 11 is 1.37. The Kier molecular flexibility index (Phi) is 5.86. The number of rotatable bonds is 5. The first kappa shape index (κ1) is 22.6. The fraction of sp³-hybridized carbons (Fsp3) is 0.259. The molecule has 1 fully saturated rings. The Morgan fingerprint density at radius 1 is 1.03 bits per heavy atom. The second kappa shape index (κ2) is 9.33. The summed E-state index contributed by atoms with van der Waals surface area (Å²) in [6, 6.07) is 17.7. The minimum atomic E-state index is -0.0239. The summed E-state index contributed by atoms with van der Waals surface area (Å²) < 4.78 is 16.1. The third-order valence-corrected chi connectivity index (χ3v) is 7.78. The number of anilines is 1. The molecule has 0 saturated carbocycles. The van der Waals surface area contributed by atoms with Gasteiger partial charge in [-0.1, -0.05) is 6.07 Å². The normalized spacial score (nSPS) is 15.4. The van der Waals surface area contributed by atoms with Crippen LogP contribution in [0.1, 0.15) is 15.2 Å². The third kappa shape index (κ3) is 4.20. The number of carbonyl (C=O) groups is 1. The van der Waals surface area contributed by atoms with E-state index >= 15 is 0 Å². The van der Waals surface area contributed by atoms with Crippen LogP contribution in [0.15, 0.2) is 54.6 Å². The molecule has 0 aliphatic carbocycles. The van der Waals surface area contributed by atoms with Crippen molar-refractivity contribution in [3.63, 3.8) is 0 Å². The number of methoxy groups -OCH3 is 1. The summed E-state index contributed by atoms with van der Waals surface area (Å²) in [4.78, 5) is 23.7. The number of pyridine rings is 1. The SMILES string of the molecule is COc1ccc(-c2ccc3c(N)c(C(=O)N4CCN(Cc5ccc6c(c5)OCO6)CC4)sc3n2)cc1. The van der Waals surface area contributed by atoms with Crippen LogP contribution in [0, 0.1) is 0 Å². The fourth-order valence-electron chi connectivity index (χ4n) is 4.63. The van der Waals surface area contributed by atoms with Crippen LogP contribution in [-0.2, 0) is 6.54 Å². The average Bonchev–Trinajstić information content (AvgIpc) is 3.52. The zero-order chi connectivity index (χ0) is 24.6. The molecule has 9 heteroatoms. The Hall–Kier alpha value is -3.82. The van der Waals surface area contributed by atoms with Gasteiger partial charge in [-0.15, -0.1) is 11.3 Å². The quantitative estimate of drug-likeness (QED) is 0.437. The molecule has 184 valence electrons. The van der Waals surface area contributed by atoms with Crippen molar-refractivity contribution < 1.29 is 19.0 Å². The van der Waals surface area contributed by atoms with Gasteiger partial charge in [0.15, 0.2) is 11.5 Å². The molecule has 4 aromatic rings. The molecule has 0 bridgehead atoms. The molecule has 1 saturated heterocycles. The first-order chi connectivity index (χ1) is 17.6. The number of fused-ring (bicyclic) bond motifs is 2. The molecule has 2 aromatic carbocycles. The number of piperazine rings is 1. The summed E-state index contributed by atoms with van der Waals surface area (Å²) in [5.74, 6) is 2.36. The molecule has 1 amide bonds. The molecule has 0 atom stereocenters. The summed E-state index contributed by atoms with van der Waals surface area (Å²) in [5, 5.41) is 0.821.